The minimum Gasteiger partial charge on any atom is -0.341 e. The second kappa shape index (κ2) is 20.4. The molecule has 1 aromatic rings. The van der Waals surface area contributed by atoms with Crippen LogP contribution in [0.2, 0.25) is 0 Å². The predicted molar refractivity (Wildman–Crippen MR) is 170 cm³/mol. The first-order chi connectivity index (χ1) is 18.7. The van der Waals surface area contributed by atoms with Crippen molar-refractivity contribution in [3.05, 3.63) is 35.4 Å². The van der Waals surface area contributed by atoms with Gasteiger partial charge in [0, 0.05) is 39.3 Å². The lowest BCUT2D eigenvalue weighted by molar-refractivity contribution is -0.116. The Morgan fingerprint density at radius 1 is 1.15 bits per heavy atom. The first-order valence-electron chi connectivity index (χ1n) is 14.5. The number of rotatable bonds is 10. The van der Waals surface area contributed by atoms with Gasteiger partial charge in [0.15, 0.2) is 0 Å². The zero-order valence-corrected chi connectivity index (χ0v) is 26.1. The number of ketones is 1. The third-order valence-electron chi connectivity index (χ3n) is 6.59. The SMILES string of the molecule is CCC/C=N\C(=NC)N1CCC(CCNC(=O)/N=C(/C)SCC(=O)CCC)CC1.Cc1ccccc1C(C)C. The maximum absolute atomic E-state index is 11.9. The molecule has 1 aliphatic rings. The van der Waals surface area contributed by atoms with Gasteiger partial charge in [-0.3, -0.25) is 9.79 Å². The molecule has 0 atom stereocenters. The van der Waals surface area contributed by atoms with Crippen LogP contribution in [-0.2, 0) is 4.79 Å². The monoisotopic (exact) mass is 557 g/mol. The summed E-state index contributed by atoms with van der Waals surface area (Å²) in [5.74, 6) is 2.66. The Bertz CT molecular complexity index is 950. The fraction of sp³-hybridized carbons (Fsp3) is 0.645. The molecule has 0 saturated carbocycles. The number of guanidine groups is 1. The number of aryl methyl sites for hydroxylation is 1. The van der Waals surface area contributed by atoms with E-state index in [1.807, 2.05) is 13.1 Å². The molecule has 39 heavy (non-hydrogen) atoms. The summed E-state index contributed by atoms with van der Waals surface area (Å²) in [6.45, 7) is 15.0. The Morgan fingerprint density at radius 2 is 1.85 bits per heavy atom. The number of Topliss-reactive ketones (excluding diaryl/α,β-unsaturated/α-hetero) is 1. The van der Waals surface area contributed by atoms with Crippen molar-refractivity contribution >= 4 is 40.8 Å². The fourth-order valence-electron chi connectivity index (χ4n) is 4.35. The van der Waals surface area contributed by atoms with Gasteiger partial charge < -0.3 is 10.2 Å². The maximum Gasteiger partial charge on any atom is 0.341 e. The number of urea groups is 1. The van der Waals surface area contributed by atoms with E-state index in [2.05, 4.69) is 77.2 Å². The topological polar surface area (TPSA) is 86.5 Å². The lowest BCUT2D eigenvalue weighted by Crippen LogP contribution is -2.38. The van der Waals surface area contributed by atoms with Gasteiger partial charge >= 0.3 is 6.03 Å². The molecule has 1 heterocycles. The standard InChI is InChI=1S/C21H37N5O2S.C10H14/c1-5-7-12-23-20(22-4)26-14-10-18(11-15-26)9-13-24-21(28)25-17(3)29-16-19(27)8-6-2;1-8(2)10-7-5-4-6-9(10)3/h12,18H,5-11,13-16H2,1-4H3,(H,24,28);4-8H,1-3H3/b22-20?,23-12-,25-17-;. The van der Waals surface area contributed by atoms with Crippen molar-refractivity contribution in [2.24, 2.45) is 20.9 Å². The van der Waals surface area contributed by atoms with Crippen LogP contribution in [0, 0.1) is 12.8 Å². The summed E-state index contributed by atoms with van der Waals surface area (Å²) in [6, 6.07) is 8.22. The van der Waals surface area contributed by atoms with E-state index in [0.29, 0.717) is 35.6 Å². The molecule has 8 heteroatoms. The fourth-order valence-corrected chi connectivity index (χ4v) is 5.01. The number of unbranched alkanes of at least 4 members (excludes halogenated alkanes) is 1. The Labute approximate surface area is 241 Å². The summed E-state index contributed by atoms with van der Waals surface area (Å²) in [7, 11) is 1.79. The minimum absolute atomic E-state index is 0.200. The van der Waals surface area contributed by atoms with Crippen LogP contribution in [0.3, 0.4) is 0 Å². The van der Waals surface area contributed by atoms with Gasteiger partial charge in [0.1, 0.15) is 5.78 Å². The molecule has 1 aromatic carbocycles. The van der Waals surface area contributed by atoms with Gasteiger partial charge in [0.25, 0.3) is 0 Å². The average Bonchev–Trinajstić information content (AvgIpc) is 2.91. The highest BCUT2D eigenvalue weighted by molar-refractivity contribution is 8.14. The van der Waals surface area contributed by atoms with Gasteiger partial charge in [0.05, 0.1) is 10.8 Å². The lowest BCUT2D eigenvalue weighted by Gasteiger charge is -2.32. The number of carbonyl (C=O) groups is 2. The van der Waals surface area contributed by atoms with Gasteiger partial charge in [-0.2, -0.15) is 4.99 Å². The summed E-state index contributed by atoms with van der Waals surface area (Å²) in [6.07, 6.45) is 8.57. The second-order valence-corrected chi connectivity index (χ2v) is 11.5. The number of nitrogens with zero attached hydrogens (tertiary/aromatic N) is 4. The van der Waals surface area contributed by atoms with E-state index in [4.69, 9.17) is 0 Å². The van der Waals surface area contributed by atoms with Gasteiger partial charge in [-0.25, -0.2) is 9.79 Å². The molecule has 7 nitrogen and oxygen atoms in total. The molecule has 1 fully saturated rings. The Morgan fingerprint density at radius 3 is 2.41 bits per heavy atom. The summed E-state index contributed by atoms with van der Waals surface area (Å²) < 4.78 is 0. The zero-order chi connectivity index (χ0) is 29.0. The van der Waals surface area contributed by atoms with E-state index in [-0.39, 0.29) is 11.8 Å². The van der Waals surface area contributed by atoms with E-state index in [0.717, 1.165) is 57.6 Å². The van der Waals surface area contributed by atoms with Crippen molar-refractivity contribution < 1.29 is 9.59 Å². The van der Waals surface area contributed by atoms with Gasteiger partial charge in [-0.15, -0.1) is 11.8 Å². The molecule has 0 spiro atoms. The van der Waals surface area contributed by atoms with E-state index < -0.39 is 0 Å². The molecule has 0 aromatic heterocycles. The lowest BCUT2D eigenvalue weighted by atomic mass is 9.94. The quantitative estimate of drug-likeness (QED) is 0.242. The Balaban J connectivity index is 0.000000633. The molecule has 1 aliphatic heterocycles. The number of aliphatic imine (C=N–C) groups is 3. The van der Waals surface area contributed by atoms with Crippen LogP contribution in [0.15, 0.2) is 39.2 Å². The van der Waals surface area contributed by atoms with Crippen molar-refractivity contribution in [3.63, 3.8) is 0 Å². The Hall–Kier alpha value is -2.48. The highest BCUT2D eigenvalue weighted by atomic mass is 32.2. The predicted octanol–water partition coefficient (Wildman–Crippen LogP) is 7.29. The number of thioether (sulfide) groups is 1. The van der Waals surface area contributed by atoms with Gasteiger partial charge in [-0.05, 0) is 68.9 Å². The van der Waals surface area contributed by atoms with Crippen LogP contribution < -0.4 is 5.32 Å². The molecule has 0 radical (unpaired) electrons. The third kappa shape index (κ3) is 15.0. The maximum atomic E-state index is 11.9. The van der Waals surface area contributed by atoms with Crippen molar-refractivity contribution in [2.75, 3.05) is 32.4 Å². The first-order valence-corrected chi connectivity index (χ1v) is 15.5. The molecule has 2 amide bonds. The van der Waals surface area contributed by atoms with Crippen LogP contribution in [0.1, 0.15) is 96.6 Å². The van der Waals surface area contributed by atoms with Gasteiger partial charge in [0.2, 0.25) is 5.96 Å². The molecular weight excluding hydrogens is 506 g/mol. The second-order valence-electron chi connectivity index (χ2n) is 10.3. The van der Waals surface area contributed by atoms with Gasteiger partial charge in [-0.1, -0.05) is 58.4 Å². The van der Waals surface area contributed by atoms with Crippen molar-refractivity contribution in [3.8, 4) is 0 Å². The number of carbonyl (C=O) groups excluding carboxylic acids is 2. The first kappa shape index (κ1) is 34.5. The number of amides is 2. The van der Waals surface area contributed by atoms with Crippen molar-refractivity contribution in [2.45, 2.75) is 92.4 Å². The molecule has 1 N–H and O–H groups in total. The number of likely N-dealkylation sites (tertiary alicyclic amines) is 1. The van der Waals surface area contributed by atoms with Crippen molar-refractivity contribution in [1.82, 2.24) is 10.2 Å². The number of nitrogens with one attached hydrogen (secondary N) is 1. The van der Waals surface area contributed by atoms with E-state index in [1.54, 1.807) is 14.0 Å². The zero-order valence-electron chi connectivity index (χ0n) is 25.3. The molecule has 0 unspecified atom stereocenters. The highest BCUT2D eigenvalue weighted by Gasteiger charge is 2.21. The molecule has 0 aliphatic carbocycles. The van der Waals surface area contributed by atoms with E-state index >= 15 is 0 Å². The summed E-state index contributed by atoms with van der Waals surface area (Å²) in [5.41, 5.74) is 2.86. The van der Waals surface area contributed by atoms with E-state index in [9.17, 15) is 9.59 Å². The molecule has 218 valence electrons. The summed E-state index contributed by atoms with van der Waals surface area (Å²) in [5, 5.41) is 3.50. The van der Waals surface area contributed by atoms with Crippen LogP contribution in [-0.4, -0.2) is 66.4 Å². The number of hydrogen-bond acceptors (Lipinski definition) is 4. The molecule has 2 rings (SSSR count). The smallest absolute Gasteiger partial charge is 0.341 e. The molecule has 0 bridgehead atoms. The van der Waals surface area contributed by atoms with Crippen LogP contribution in [0.25, 0.3) is 0 Å². The van der Waals surface area contributed by atoms with Crippen LogP contribution in [0.4, 0.5) is 4.79 Å². The third-order valence-corrected chi connectivity index (χ3v) is 7.57. The highest BCUT2D eigenvalue weighted by Crippen LogP contribution is 2.21. The van der Waals surface area contributed by atoms with Crippen molar-refractivity contribution in [1.29, 1.82) is 0 Å². The Kier molecular flexibility index (Phi) is 18.1. The largest absolute Gasteiger partial charge is 0.341 e. The minimum atomic E-state index is -0.318. The number of benzene rings is 1. The number of piperidine rings is 1. The normalized spacial score (nSPS) is 14.9. The molecular formula is C31H51N5O2S. The van der Waals surface area contributed by atoms with E-state index in [1.165, 1.54) is 22.9 Å². The number of hydrogen-bond donors (Lipinski definition) is 1. The summed E-state index contributed by atoms with van der Waals surface area (Å²) in [4.78, 5) is 38.5. The summed E-state index contributed by atoms with van der Waals surface area (Å²) >= 11 is 1.34. The van der Waals surface area contributed by atoms with Crippen LogP contribution >= 0.6 is 11.8 Å². The average molecular weight is 558 g/mol. The van der Waals surface area contributed by atoms with Crippen LogP contribution in [0.5, 0.6) is 0 Å². The molecule has 1 saturated heterocycles.